The molecule has 7 heteroatoms. The monoisotopic (exact) mass is 269 g/mol. The van der Waals surface area contributed by atoms with Crippen LogP contribution in [0.4, 0.5) is 5.69 Å². The summed E-state index contributed by atoms with van der Waals surface area (Å²) < 4.78 is 34.0. The van der Waals surface area contributed by atoms with Crippen LogP contribution in [0.5, 0.6) is 0 Å². The average Bonchev–Trinajstić information content (AvgIpc) is 2.09. The highest BCUT2D eigenvalue weighted by molar-refractivity contribution is 6.32. The van der Waals surface area contributed by atoms with Crippen molar-refractivity contribution in [3.05, 3.63) is 27.8 Å². The van der Waals surface area contributed by atoms with Crippen LogP contribution in [0.25, 0.3) is 0 Å². The molecule has 0 aliphatic rings. The van der Waals surface area contributed by atoms with Gasteiger partial charge in [-0.25, -0.2) is 18.6 Å². The number of hydrogen-bond donors (Lipinski definition) is 1. The second-order valence-electron chi connectivity index (χ2n) is 3.29. The van der Waals surface area contributed by atoms with Gasteiger partial charge in [-0.3, -0.25) is 0 Å². The van der Waals surface area contributed by atoms with E-state index in [-0.39, 0.29) is 0 Å². The first kappa shape index (κ1) is 15.6. The number of hydrogen-bond acceptors (Lipinski definition) is 4. The van der Waals surface area contributed by atoms with Crippen LogP contribution in [0.2, 0.25) is 5.02 Å². The minimum Gasteiger partial charge on any atom is -0.325 e. The molecule has 5 nitrogen and oxygen atoms in total. The molecule has 92 valence electrons. The average molecular weight is 270 g/mol. The Kier molecular flexibility index (Phi) is 5.64. The molecule has 0 heterocycles. The molecular formula is C9H13Cl2NO4. The summed E-state index contributed by atoms with van der Waals surface area (Å²) in [5.74, 6) is 0. The summed E-state index contributed by atoms with van der Waals surface area (Å²) in [5.41, 5.74) is 8.45. The molecule has 0 atom stereocenters. The molecule has 0 saturated heterocycles. The molecule has 0 aromatic heterocycles. The molecule has 0 aliphatic heterocycles. The van der Waals surface area contributed by atoms with E-state index in [2.05, 4.69) is 5.73 Å². The summed E-state index contributed by atoms with van der Waals surface area (Å²) in [6.07, 6.45) is 0. The zero-order valence-electron chi connectivity index (χ0n) is 9.17. The van der Waals surface area contributed by atoms with Gasteiger partial charge in [0.25, 0.3) is 0 Å². The molecular weight excluding hydrogens is 257 g/mol. The van der Waals surface area contributed by atoms with E-state index in [9.17, 15) is 0 Å². The maximum atomic E-state index is 8.49. The van der Waals surface area contributed by atoms with Gasteiger partial charge < -0.3 is 5.73 Å². The van der Waals surface area contributed by atoms with Crippen molar-refractivity contribution in [1.82, 2.24) is 0 Å². The lowest BCUT2D eigenvalue weighted by molar-refractivity contribution is -2.00. The molecule has 0 unspecified atom stereocenters. The molecule has 16 heavy (non-hydrogen) atoms. The van der Waals surface area contributed by atoms with Gasteiger partial charge in [-0.05, 0) is 31.9 Å². The normalized spacial score (nSPS) is 10.8. The lowest BCUT2D eigenvalue weighted by atomic mass is 10.0. The summed E-state index contributed by atoms with van der Waals surface area (Å²) in [6.45, 7) is 6.08. The van der Waals surface area contributed by atoms with Gasteiger partial charge in [0.1, 0.15) is 5.69 Å². The Balaban J connectivity index is 0.000000385. The highest BCUT2D eigenvalue weighted by Gasteiger charge is 2.07. The van der Waals surface area contributed by atoms with Crippen molar-refractivity contribution in [3.8, 4) is 0 Å². The van der Waals surface area contributed by atoms with Crippen molar-refractivity contribution in [2.75, 3.05) is 0 Å². The van der Waals surface area contributed by atoms with E-state index in [0.717, 1.165) is 21.8 Å². The molecule has 1 aromatic carbocycles. The summed E-state index contributed by atoms with van der Waals surface area (Å²) in [5, 5.41) is 0.870. The molecule has 1 rings (SSSR count). The minimum absolute atomic E-state index is 0.870. The summed E-state index contributed by atoms with van der Waals surface area (Å²) >= 11 is 6.03. The smallest absolute Gasteiger partial charge is 0.131 e. The lowest BCUT2D eigenvalue weighted by Gasteiger charge is -2.17. The van der Waals surface area contributed by atoms with Crippen LogP contribution in [0.1, 0.15) is 16.7 Å². The Morgan fingerprint density at radius 2 is 1.44 bits per heavy atom. The third kappa shape index (κ3) is 5.62. The van der Waals surface area contributed by atoms with Gasteiger partial charge in [-0.1, -0.05) is 11.6 Å². The van der Waals surface area contributed by atoms with Crippen molar-refractivity contribution < 1.29 is 34.6 Å². The van der Waals surface area contributed by atoms with Crippen LogP contribution >= 0.6 is 11.6 Å². The van der Waals surface area contributed by atoms with Crippen LogP contribution in [0.15, 0.2) is 6.07 Å². The lowest BCUT2D eigenvalue weighted by Crippen LogP contribution is -2.68. The van der Waals surface area contributed by atoms with E-state index in [1.165, 1.54) is 5.56 Å². The first-order valence-corrected chi connectivity index (χ1v) is 5.85. The first-order chi connectivity index (χ1) is 7.04. The van der Waals surface area contributed by atoms with Gasteiger partial charge >= 0.3 is 0 Å². The molecule has 3 N–H and O–H groups in total. The van der Waals surface area contributed by atoms with E-state index in [1.54, 1.807) is 0 Å². The summed E-state index contributed by atoms with van der Waals surface area (Å²) in [7, 11) is -4.94. The van der Waals surface area contributed by atoms with Crippen LogP contribution in [-0.2, 0) is 0 Å². The molecule has 0 saturated carbocycles. The third-order valence-electron chi connectivity index (χ3n) is 2.11. The highest BCUT2D eigenvalue weighted by atomic mass is 35.7. The van der Waals surface area contributed by atoms with Crippen molar-refractivity contribution in [3.63, 3.8) is 0 Å². The van der Waals surface area contributed by atoms with Gasteiger partial charge in [-0.2, -0.15) is 0 Å². The fourth-order valence-corrected chi connectivity index (χ4v) is 1.33. The largest absolute Gasteiger partial charge is 0.325 e. The molecule has 0 fully saturated rings. The van der Waals surface area contributed by atoms with E-state index in [0.29, 0.717) is 0 Å². The van der Waals surface area contributed by atoms with Gasteiger partial charge in [0.15, 0.2) is 0 Å². The Bertz CT molecular complexity index is 345. The number of halogens is 2. The number of aryl methyl sites for hydroxylation is 1. The van der Waals surface area contributed by atoms with E-state index in [1.807, 2.05) is 26.8 Å². The molecule has 0 bridgehead atoms. The Morgan fingerprint density at radius 1 is 1.06 bits per heavy atom. The quantitative estimate of drug-likeness (QED) is 0.555. The van der Waals surface area contributed by atoms with Gasteiger partial charge in [0.05, 0.1) is 0 Å². The first-order valence-electron chi connectivity index (χ1n) is 4.24. The zero-order chi connectivity index (χ0) is 13.1. The molecule has 0 amide bonds. The van der Waals surface area contributed by atoms with Crippen molar-refractivity contribution >= 4 is 17.3 Å². The van der Waals surface area contributed by atoms with Crippen molar-refractivity contribution in [2.24, 2.45) is 0 Å². The topological polar surface area (TPSA) is 120 Å². The number of quaternary nitrogens is 1. The summed E-state index contributed by atoms with van der Waals surface area (Å²) in [6, 6.07) is 2.02. The molecule has 0 radical (unpaired) electrons. The van der Waals surface area contributed by atoms with Crippen LogP contribution in [0, 0.1) is 31.0 Å². The fraction of sp³-hybridized carbons (Fsp3) is 0.333. The van der Waals surface area contributed by atoms with Gasteiger partial charge in [0, 0.05) is 16.7 Å². The minimum atomic E-state index is -4.94. The Labute approximate surface area is 101 Å². The Morgan fingerprint density at radius 3 is 1.81 bits per heavy atom. The van der Waals surface area contributed by atoms with Crippen molar-refractivity contribution in [1.29, 1.82) is 0 Å². The summed E-state index contributed by atoms with van der Waals surface area (Å²) in [4.78, 5) is 0. The van der Waals surface area contributed by atoms with Gasteiger partial charge in [0.2, 0.25) is 0 Å². The second-order valence-corrected chi connectivity index (χ2v) is 4.43. The number of benzene rings is 1. The Hall–Kier alpha value is -0.400. The fourth-order valence-electron chi connectivity index (χ4n) is 1.13. The van der Waals surface area contributed by atoms with Crippen LogP contribution < -0.4 is 24.4 Å². The predicted molar refractivity (Wildman–Crippen MR) is 48.2 cm³/mol. The molecule has 0 spiro atoms. The standard InChI is InChI=1S/C9H12ClN.ClHO4/c1-5-4-8(11)6(2)7(3)9(5)10;2-1(3,4)5/h4H,11H2,1-3H3;(H,2,3,4,5). The third-order valence-corrected chi connectivity index (χ3v) is 2.69. The van der Waals surface area contributed by atoms with E-state index in [4.69, 9.17) is 30.2 Å². The molecule has 0 aliphatic carbocycles. The highest BCUT2D eigenvalue weighted by Crippen LogP contribution is 2.26. The maximum absolute atomic E-state index is 8.49. The molecule has 1 aromatic rings. The van der Waals surface area contributed by atoms with E-state index < -0.39 is 10.2 Å². The van der Waals surface area contributed by atoms with Crippen molar-refractivity contribution in [2.45, 2.75) is 20.8 Å². The van der Waals surface area contributed by atoms with Crippen LogP contribution in [0.3, 0.4) is 0 Å². The SMILES string of the molecule is Cc1cc([NH3+])c(C)c(C)c1Cl.[O-][Cl+3]([O-])([O-])[O-]. The zero-order valence-corrected chi connectivity index (χ0v) is 10.7. The maximum Gasteiger partial charge on any atom is 0.131 e. The van der Waals surface area contributed by atoms with Gasteiger partial charge in [-0.15, -0.1) is 10.2 Å². The second kappa shape index (κ2) is 5.79. The number of rotatable bonds is 0. The van der Waals surface area contributed by atoms with E-state index >= 15 is 0 Å². The van der Waals surface area contributed by atoms with Crippen LogP contribution in [-0.4, -0.2) is 0 Å². The predicted octanol–water partition coefficient (Wildman–Crippen LogP) is -2.62.